The Morgan fingerprint density at radius 1 is 1.48 bits per heavy atom. The van der Waals surface area contributed by atoms with Crippen LogP contribution in [0, 0.1) is 5.82 Å². The maximum Gasteiger partial charge on any atom is 0.257 e. The van der Waals surface area contributed by atoms with Crippen molar-refractivity contribution in [3.8, 4) is 0 Å². The van der Waals surface area contributed by atoms with E-state index in [0.29, 0.717) is 6.04 Å². The van der Waals surface area contributed by atoms with E-state index in [4.69, 9.17) is 11.6 Å². The highest BCUT2D eigenvalue weighted by Crippen LogP contribution is 2.21. The van der Waals surface area contributed by atoms with Crippen LogP contribution in [0.5, 0.6) is 0 Å². The quantitative estimate of drug-likeness (QED) is 0.805. The third-order valence-corrected chi connectivity index (χ3v) is 4.43. The van der Waals surface area contributed by atoms with E-state index < -0.39 is 5.82 Å². The highest BCUT2D eigenvalue weighted by atomic mass is 35.5. The van der Waals surface area contributed by atoms with Gasteiger partial charge in [-0.25, -0.2) is 9.37 Å². The molecular weight excluding hydrogens is 293 g/mol. The predicted molar refractivity (Wildman–Crippen MR) is 81.0 cm³/mol. The number of amides is 1. The van der Waals surface area contributed by atoms with Gasteiger partial charge in [-0.3, -0.25) is 4.79 Å². The molecule has 0 atom stereocenters. The van der Waals surface area contributed by atoms with Crippen molar-refractivity contribution < 1.29 is 9.18 Å². The highest BCUT2D eigenvalue weighted by Gasteiger charge is 2.28. The summed E-state index contributed by atoms with van der Waals surface area (Å²) in [6.45, 7) is 6.28. The maximum absolute atomic E-state index is 13.3. The van der Waals surface area contributed by atoms with Gasteiger partial charge in [-0.2, -0.15) is 0 Å². The summed E-state index contributed by atoms with van der Waals surface area (Å²) in [5.74, 6) is -0.819. The van der Waals surface area contributed by atoms with Crippen molar-refractivity contribution in [2.75, 3.05) is 20.1 Å². The second kappa shape index (κ2) is 6.71. The van der Waals surface area contributed by atoms with Gasteiger partial charge in [0.2, 0.25) is 0 Å². The Morgan fingerprint density at radius 2 is 2.10 bits per heavy atom. The number of aromatic nitrogens is 1. The SMILES string of the molecule is CC(C)N1CCC(N(C)C(=O)c2cc(F)cnc2Cl)CC1. The second-order valence-corrected chi connectivity index (χ2v) is 6.13. The van der Waals surface area contributed by atoms with Crippen molar-refractivity contribution in [1.29, 1.82) is 0 Å². The zero-order valence-electron chi connectivity index (χ0n) is 12.6. The topological polar surface area (TPSA) is 36.4 Å². The summed E-state index contributed by atoms with van der Waals surface area (Å²) in [7, 11) is 1.75. The summed E-state index contributed by atoms with van der Waals surface area (Å²) in [6, 6.07) is 1.83. The number of nitrogens with zero attached hydrogens (tertiary/aromatic N) is 3. The molecule has 0 radical (unpaired) electrons. The van der Waals surface area contributed by atoms with E-state index in [0.717, 1.165) is 38.2 Å². The van der Waals surface area contributed by atoms with Crippen molar-refractivity contribution in [3.05, 3.63) is 28.8 Å². The van der Waals surface area contributed by atoms with Crippen molar-refractivity contribution in [1.82, 2.24) is 14.8 Å². The smallest absolute Gasteiger partial charge is 0.257 e. The lowest BCUT2D eigenvalue weighted by Crippen LogP contribution is -2.47. The third-order valence-electron chi connectivity index (χ3n) is 4.13. The number of halogens is 2. The number of likely N-dealkylation sites (tertiary alicyclic amines) is 1. The number of hydrogen-bond donors (Lipinski definition) is 0. The molecule has 2 rings (SSSR count). The standard InChI is InChI=1S/C15H21ClFN3O/c1-10(2)20-6-4-12(5-7-20)19(3)15(21)13-8-11(17)9-18-14(13)16/h8-10,12H,4-7H2,1-3H3. The Balaban J connectivity index is 2.05. The fraction of sp³-hybridized carbons (Fsp3) is 0.600. The normalized spacial score (nSPS) is 17.2. The molecule has 21 heavy (non-hydrogen) atoms. The molecule has 116 valence electrons. The first-order valence-corrected chi connectivity index (χ1v) is 7.60. The van der Waals surface area contributed by atoms with E-state index in [1.54, 1.807) is 11.9 Å². The van der Waals surface area contributed by atoms with Crippen LogP contribution in [0.4, 0.5) is 4.39 Å². The summed E-state index contributed by atoms with van der Waals surface area (Å²) < 4.78 is 13.3. The lowest BCUT2D eigenvalue weighted by Gasteiger charge is -2.38. The van der Waals surface area contributed by atoms with Crippen LogP contribution in [0.15, 0.2) is 12.3 Å². The lowest BCUT2D eigenvalue weighted by molar-refractivity contribution is 0.0614. The van der Waals surface area contributed by atoms with Gasteiger partial charge in [0.25, 0.3) is 5.91 Å². The molecule has 0 aromatic carbocycles. The molecule has 1 aliphatic heterocycles. The Labute approximate surface area is 129 Å². The van der Waals surface area contributed by atoms with E-state index >= 15 is 0 Å². The van der Waals surface area contributed by atoms with E-state index in [-0.39, 0.29) is 22.7 Å². The number of carbonyl (C=O) groups is 1. The van der Waals surface area contributed by atoms with Gasteiger partial charge in [-0.1, -0.05) is 11.6 Å². The first-order valence-electron chi connectivity index (χ1n) is 7.22. The van der Waals surface area contributed by atoms with Gasteiger partial charge >= 0.3 is 0 Å². The summed E-state index contributed by atoms with van der Waals surface area (Å²) >= 11 is 5.91. The zero-order chi connectivity index (χ0) is 15.6. The van der Waals surface area contributed by atoms with E-state index in [9.17, 15) is 9.18 Å². The molecule has 1 aliphatic rings. The van der Waals surface area contributed by atoms with Crippen LogP contribution in [0.1, 0.15) is 37.0 Å². The van der Waals surface area contributed by atoms with Gasteiger partial charge in [0.1, 0.15) is 11.0 Å². The molecule has 2 heterocycles. The molecule has 1 aromatic heterocycles. The van der Waals surface area contributed by atoms with Crippen LogP contribution in [0.2, 0.25) is 5.15 Å². The molecule has 0 saturated carbocycles. The predicted octanol–water partition coefficient (Wildman–Crippen LogP) is 2.82. The Hall–Kier alpha value is -1.20. The van der Waals surface area contributed by atoms with Gasteiger partial charge < -0.3 is 9.80 Å². The maximum atomic E-state index is 13.3. The molecule has 6 heteroatoms. The molecule has 1 amide bonds. The van der Waals surface area contributed by atoms with Crippen molar-refractivity contribution in [3.63, 3.8) is 0 Å². The summed E-state index contributed by atoms with van der Waals surface area (Å²) in [6.07, 6.45) is 2.85. The molecule has 0 unspecified atom stereocenters. The van der Waals surface area contributed by atoms with Crippen LogP contribution >= 0.6 is 11.6 Å². The summed E-state index contributed by atoms with van der Waals surface area (Å²) in [5.41, 5.74) is 0.130. The number of carbonyl (C=O) groups excluding carboxylic acids is 1. The van der Waals surface area contributed by atoms with Gasteiger partial charge in [-0.15, -0.1) is 0 Å². The minimum atomic E-state index is -0.550. The average molecular weight is 314 g/mol. The Kier molecular flexibility index (Phi) is 5.17. The molecule has 0 aliphatic carbocycles. The minimum absolute atomic E-state index is 0.0490. The molecule has 1 aromatic rings. The summed E-state index contributed by atoms with van der Waals surface area (Å²) in [5, 5.41) is 0.0490. The summed E-state index contributed by atoms with van der Waals surface area (Å²) in [4.78, 5) is 20.2. The number of rotatable bonds is 3. The van der Waals surface area contributed by atoms with Crippen LogP contribution in [-0.2, 0) is 0 Å². The first kappa shape index (κ1) is 16.2. The number of piperidine rings is 1. The fourth-order valence-electron chi connectivity index (χ4n) is 2.72. The van der Waals surface area contributed by atoms with Crippen LogP contribution in [0.3, 0.4) is 0 Å². The number of pyridine rings is 1. The van der Waals surface area contributed by atoms with Crippen molar-refractivity contribution >= 4 is 17.5 Å². The van der Waals surface area contributed by atoms with Gasteiger partial charge in [0.05, 0.1) is 11.8 Å². The van der Waals surface area contributed by atoms with E-state index in [2.05, 4.69) is 23.7 Å². The molecule has 0 N–H and O–H groups in total. The molecule has 4 nitrogen and oxygen atoms in total. The van der Waals surface area contributed by atoms with E-state index in [1.165, 1.54) is 0 Å². The average Bonchev–Trinajstić information content (AvgIpc) is 2.48. The Morgan fingerprint density at radius 3 is 2.67 bits per heavy atom. The lowest BCUT2D eigenvalue weighted by atomic mass is 10.0. The molecule has 0 spiro atoms. The minimum Gasteiger partial charge on any atom is -0.339 e. The largest absolute Gasteiger partial charge is 0.339 e. The molecule has 1 fully saturated rings. The third kappa shape index (κ3) is 3.71. The Bertz CT molecular complexity index is 516. The van der Waals surface area contributed by atoms with Crippen LogP contribution in [-0.4, -0.2) is 52.9 Å². The monoisotopic (exact) mass is 313 g/mol. The van der Waals surface area contributed by atoms with Gasteiger partial charge in [0.15, 0.2) is 0 Å². The molecule has 1 saturated heterocycles. The zero-order valence-corrected chi connectivity index (χ0v) is 13.4. The van der Waals surface area contributed by atoms with Crippen molar-refractivity contribution in [2.24, 2.45) is 0 Å². The van der Waals surface area contributed by atoms with Gasteiger partial charge in [0, 0.05) is 32.2 Å². The van der Waals surface area contributed by atoms with Gasteiger partial charge in [-0.05, 0) is 32.8 Å². The van der Waals surface area contributed by atoms with Crippen LogP contribution < -0.4 is 0 Å². The van der Waals surface area contributed by atoms with Crippen LogP contribution in [0.25, 0.3) is 0 Å². The molecular formula is C15H21ClFN3O. The first-order chi connectivity index (χ1) is 9.90. The van der Waals surface area contributed by atoms with E-state index in [1.807, 2.05) is 0 Å². The fourth-order valence-corrected chi connectivity index (χ4v) is 2.90. The number of hydrogen-bond acceptors (Lipinski definition) is 3. The highest BCUT2D eigenvalue weighted by molar-refractivity contribution is 6.32. The van der Waals surface area contributed by atoms with Crippen molar-refractivity contribution in [2.45, 2.75) is 38.8 Å². The second-order valence-electron chi connectivity index (χ2n) is 5.77. The molecule has 0 bridgehead atoms.